The Morgan fingerprint density at radius 3 is 2.87 bits per heavy atom. The molecule has 23 heavy (non-hydrogen) atoms. The number of hydrogen-bond acceptors (Lipinski definition) is 3. The first-order valence-electron chi connectivity index (χ1n) is 7.68. The highest BCUT2D eigenvalue weighted by atomic mass is 16.2. The van der Waals surface area contributed by atoms with Crippen molar-refractivity contribution in [3.05, 3.63) is 47.8 Å². The normalized spacial score (nSPS) is 14.3. The number of rotatable bonds is 4. The number of hydrogen-bond donors (Lipinski definition) is 0. The summed E-state index contributed by atoms with van der Waals surface area (Å²) in [7, 11) is 3.62. The lowest BCUT2D eigenvalue weighted by molar-refractivity contribution is -0.117. The van der Waals surface area contributed by atoms with Crippen molar-refractivity contribution in [2.45, 2.75) is 19.4 Å². The first-order valence-corrected chi connectivity index (χ1v) is 7.68. The van der Waals surface area contributed by atoms with E-state index >= 15 is 0 Å². The number of amides is 2. The van der Waals surface area contributed by atoms with Gasteiger partial charge in [0.25, 0.3) is 5.91 Å². The fourth-order valence-corrected chi connectivity index (χ4v) is 2.85. The van der Waals surface area contributed by atoms with Crippen molar-refractivity contribution in [2.75, 3.05) is 18.5 Å². The van der Waals surface area contributed by atoms with Gasteiger partial charge in [-0.1, -0.05) is 6.07 Å². The molecule has 1 aromatic carbocycles. The number of carbonyl (C=O) groups is 2. The number of nitrogens with zero attached hydrogens (tertiary/aromatic N) is 4. The van der Waals surface area contributed by atoms with Crippen LogP contribution >= 0.6 is 0 Å². The van der Waals surface area contributed by atoms with Crippen molar-refractivity contribution in [3.63, 3.8) is 0 Å². The summed E-state index contributed by atoms with van der Waals surface area (Å²) in [5.74, 6) is 0.0562. The lowest BCUT2D eigenvalue weighted by Gasteiger charge is -2.19. The lowest BCUT2D eigenvalue weighted by atomic mass is 10.1. The van der Waals surface area contributed by atoms with Gasteiger partial charge in [0.15, 0.2) is 0 Å². The van der Waals surface area contributed by atoms with Crippen LogP contribution in [0.3, 0.4) is 0 Å². The van der Waals surface area contributed by atoms with Gasteiger partial charge < -0.3 is 9.80 Å². The monoisotopic (exact) mass is 312 g/mol. The fraction of sp³-hybridized carbons (Fsp3) is 0.353. The molecular formula is C17H20N4O2. The molecule has 2 amide bonds. The lowest BCUT2D eigenvalue weighted by Crippen LogP contribution is -2.27. The van der Waals surface area contributed by atoms with E-state index in [0.717, 1.165) is 24.2 Å². The average Bonchev–Trinajstić information content (AvgIpc) is 3.15. The molecule has 6 nitrogen and oxygen atoms in total. The summed E-state index contributed by atoms with van der Waals surface area (Å²) in [4.78, 5) is 27.9. The molecule has 0 radical (unpaired) electrons. The Hall–Kier alpha value is -2.63. The highest BCUT2D eigenvalue weighted by molar-refractivity contribution is 5.98. The van der Waals surface area contributed by atoms with Crippen LogP contribution in [0.2, 0.25) is 0 Å². The minimum absolute atomic E-state index is 0.0673. The van der Waals surface area contributed by atoms with Crippen LogP contribution in [0.1, 0.15) is 28.8 Å². The second-order valence-corrected chi connectivity index (χ2v) is 5.88. The van der Waals surface area contributed by atoms with Gasteiger partial charge in [-0.05, 0) is 24.6 Å². The quantitative estimate of drug-likeness (QED) is 0.865. The predicted molar refractivity (Wildman–Crippen MR) is 87.0 cm³/mol. The van der Waals surface area contributed by atoms with Gasteiger partial charge in [-0.25, -0.2) is 0 Å². The van der Waals surface area contributed by atoms with Gasteiger partial charge >= 0.3 is 0 Å². The van der Waals surface area contributed by atoms with Gasteiger partial charge in [-0.3, -0.25) is 14.3 Å². The molecule has 6 heteroatoms. The van der Waals surface area contributed by atoms with Gasteiger partial charge in [0.1, 0.15) is 0 Å². The third kappa shape index (κ3) is 3.26. The molecule has 2 heterocycles. The van der Waals surface area contributed by atoms with E-state index in [4.69, 9.17) is 0 Å². The van der Waals surface area contributed by atoms with Crippen LogP contribution in [-0.2, 0) is 18.4 Å². The van der Waals surface area contributed by atoms with Crippen molar-refractivity contribution in [2.24, 2.45) is 7.05 Å². The Kier molecular flexibility index (Phi) is 4.14. The average molecular weight is 312 g/mol. The molecule has 0 unspecified atom stereocenters. The van der Waals surface area contributed by atoms with E-state index in [0.29, 0.717) is 18.5 Å². The molecule has 1 aromatic heterocycles. The van der Waals surface area contributed by atoms with Gasteiger partial charge in [0, 0.05) is 56.6 Å². The minimum Gasteiger partial charge on any atom is -0.337 e. The van der Waals surface area contributed by atoms with Crippen molar-refractivity contribution < 1.29 is 9.59 Å². The summed E-state index contributed by atoms with van der Waals surface area (Å²) in [6.45, 7) is 1.22. The zero-order valence-electron chi connectivity index (χ0n) is 13.4. The highest BCUT2D eigenvalue weighted by Crippen LogP contribution is 2.23. The maximum absolute atomic E-state index is 12.6. The molecule has 0 bridgehead atoms. The van der Waals surface area contributed by atoms with Crippen LogP contribution in [0.15, 0.2) is 36.7 Å². The Morgan fingerprint density at radius 2 is 2.22 bits per heavy atom. The van der Waals surface area contributed by atoms with Crippen molar-refractivity contribution in [1.29, 1.82) is 0 Å². The van der Waals surface area contributed by atoms with Gasteiger partial charge in [0.2, 0.25) is 5.91 Å². The summed E-state index contributed by atoms with van der Waals surface area (Å²) >= 11 is 0. The molecule has 1 aliphatic heterocycles. The Bertz CT molecular complexity index is 738. The molecule has 1 saturated heterocycles. The number of aryl methyl sites for hydroxylation is 1. The molecule has 1 fully saturated rings. The summed E-state index contributed by atoms with van der Waals surface area (Å²) in [5.41, 5.74) is 2.37. The Balaban J connectivity index is 1.75. The Morgan fingerprint density at radius 1 is 1.39 bits per heavy atom. The Labute approximate surface area is 135 Å². The van der Waals surface area contributed by atoms with Crippen molar-refractivity contribution in [1.82, 2.24) is 14.7 Å². The molecule has 0 spiro atoms. The second-order valence-electron chi connectivity index (χ2n) is 5.88. The van der Waals surface area contributed by atoms with E-state index < -0.39 is 0 Å². The third-order valence-electron chi connectivity index (χ3n) is 4.00. The topological polar surface area (TPSA) is 58.4 Å². The molecule has 0 N–H and O–H groups in total. The van der Waals surface area contributed by atoms with Crippen LogP contribution in [-0.4, -0.2) is 40.1 Å². The van der Waals surface area contributed by atoms with E-state index in [2.05, 4.69) is 5.10 Å². The largest absolute Gasteiger partial charge is 0.337 e. The zero-order chi connectivity index (χ0) is 16.4. The maximum atomic E-state index is 12.6. The van der Waals surface area contributed by atoms with Crippen LogP contribution < -0.4 is 4.90 Å². The predicted octanol–water partition coefficient (Wildman–Crippen LogP) is 1.82. The molecular weight excluding hydrogens is 292 g/mol. The first-order chi connectivity index (χ1) is 11.0. The van der Waals surface area contributed by atoms with Gasteiger partial charge in [-0.2, -0.15) is 5.10 Å². The van der Waals surface area contributed by atoms with Crippen LogP contribution in [0.4, 0.5) is 5.69 Å². The van der Waals surface area contributed by atoms with E-state index in [9.17, 15) is 9.59 Å². The molecule has 0 atom stereocenters. The summed E-state index contributed by atoms with van der Waals surface area (Å²) in [6.07, 6.45) is 5.10. The van der Waals surface area contributed by atoms with E-state index in [1.165, 1.54) is 0 Å². The molecule has 2 aromatic rings. The number of benzene rings is 1. The molecule has 0 aliphatic carbocycles. The van der Waals surface area contributed by atoms with Gasteiger partial charge in [-0.15, -0.1) is 0 Å². The third-order valence-corrected chi connectivity index (χ3v) is 4.00. The zero-order valence-corrected chi connectivity index (χ0v) is 13.4. The van der Waals surface area contributed by atoms with E-state index in [1.807, 2.05) is 25.4 Å². The number of carbonyl (C=O) groups excluding carboxylic acids is 2. The molecule has 1 aliphatic rings. The maximum Gasteiger partial charge on any atom is 0.253 e. The molecule has 0 saturated carbocycles. The minimum atomic E-state index is -0.0673. The summed E-state index contributed by atoms with van der Waals surface area (Å²) in [6, 6.07) is 7.28. The number of anilines is 1. The number of aromatic nitrogens is 2. The molecule has 120 valence electrons. The SMILES string of the molecule is CN(Cc1cnn(C)c1)C(=O)c1cccc(N2CCCC2=O)c1. The van der Waals surface area contributed by atoms with Crippen molar-refractivity contribution >= 4 is 17.5 Å². The second kappa shape index (κ2) is 6.24. The summed E-state index contributed by atoms with van der Waals surface area (Å²) < 4.78 is 1.72. The first kappa shape index (κ1) is 15.3. The van der Waals surface area contributed by atoms with Crippen molar-refractivity contribution in [3.8, 4) is 0 Å². The van der Waals surface area contributed by atoms with E-state index in [-0.39, 0.29) is 11.8 Å². The fourth-order valence-electron chi connectivity index (χ4n) is 2.85. The van der Waals surface area contributed by atoms with Crippen LogP contribution in [0.5, 0.6) is 0 Å². The van der Waals surface area contributed by atoms with Crippen LogP contribution in [0.25, 0.3) is 0 Å². The van der Waals surface area contributed by atoms with Crippen LogP contribution in [0, 0.1) is 0 Å². The van der Waals surface area contributed by atoms with E-state index in [1.54, 1.807) is 39.9 Å². The highest BCUT2D eigenvalue weighted by Gasteiger charge is 2.22. The molecule has 3 rings (SSSR count). The smallest absolute Gasteiger partial charge is 0.253 e. The van der Waals surface area contributed by atoms with Gasteiger partial charge in [0.05, 0.1) is 6.20 Å². The standard InChI is InChI=1S/C17H20N4O2/c1-19(11-13-10-18-20(2)12-13)17(23)14-5-3-6-15(9-14)21-8-4-7-16(21)22/h3,5-6,9-10,12H,4,7-8,11H2,1-2H3. The summed E-state index contributed by atoms with van der Waals surface area (Å²) in [5, 5.41) is 4.11.